The molecule has 0 bridgehead atoms. The number of cyclic esters (lactones) is 1. The molecule has 7 atom stereocenters. The Balaban J connectivity index is 1.61. The lowest BCUT2D eigenvalue weighted by molar-refractivity contribution is -0.159. The van der Waals surface area contributed by atoms with Crippen molar-refractivity contribution in [2.24, 2.45) is 23.2 Å². The Morgan fingerprint density at radius 1 is 1.25 bits per heavy atom. The van der Waals surface area contributed by atoms with E-state index in [-0.39, 0.29) is 24.3 Å². The summed E-state index contributed by atoms with van der Waals surface area (Å²) in [5.41, 5.74) is 0.0465. The minimum absolute atomic E-state index is 0.0283. The molecule has 4 unspecified atom stereocenters. The van der Waals surface area contributed by atoms with E-state index >= 15 is 0 Å². The molecular weight excluding hydrogens is 308 g/mol. The maximum absolute atomic E-state index is 11.9. The molecule has 2 aliphatic heterocycles. The molecule has 134 valence electrons. The first-order chi connectivity index (χ1) is 11.4. The maximum atomic E-state index is 11.9. The van der Waals surface area contributed by atoms with E-state index in [4.69, 9.17) is 9.47 Å². The van der Waals surface area contributed by atoms with Gasteiger partial charge < -0.3 is 19.7 Å². The molecule has 24 heavy (non-hydrogen) atoms. The maximum Gasteiger partial charge on any atom is 0.336 e. The zero-order chi connectivity index (χ0) is 17.1. The van der Waals surface area contributed by atoms with Crippen LogP contribution >= 0.6 is 0 Å². The molecular formula is C19H28O5. The first-order valence-corrected chi connectivity index (χ1v) is 9.23. The molecule has 2 N–H and O–H groups in total. The van der Waals surface area contributed by atoms with Crippen molar-refractivity contribution >= 4 is 5.97 Å². The third-order valence-electron chi connectivity index (χ3n) is 7.47. The third-order valence-corrected chi connectivity index (χ3v) is 7.47. The van der Waals surface area contributed by atoms with Crippen LogP contribution in [0.2, 0.25) is 0 Å². The van der Waals surface area contributed by atoms with Gasteiger partial charge in [-0.25, -0.2) is 4.79 Å². The zero-order valence-corrected chi connectivity index (χ0v) is 14.5. The number of aliphatic hydroxyl groups excluding tert-OH is 2. The second kappa shape index (κ2) is 5.55. The van der Waals surface area contributed by atoms with Gasteiger partial charge in [0.1, 0.15) is 6.61 Å². The molecule has 5 heteroatoms. The van der Waals surface area contributed by atoms with E-state index in [1.165, 1.54) is 0 Å². The van der Waals surface area contributed by atoms with Gasteiger partial charge in [-0.15, -0.1) is 0 Å². The van der Waals surface area contributed by atoms with Gasteiger partial charge in [0.25, 0.3) is 0 Å². The summed E-state index contributed by atoms with van der Waals surface area (Å²) < 4.78 is 11.4. The Bertz CT molecular complexity index is 572. The summed E-state index contributed by atoms with van der Waals surface area (Å²) >= 11 is 0. The Morgan fingerprint density at radius 3 is 2.71 bits per heavy atom. The summed E-state index contributed by atoms with van der Waals surface area (Å²) in [6.07, 6.45) is 5.69. The summed E-state index contributed by atoms with van der Waals surface area (Å²) in [7, 11) is 0. The Morgan fingerprint density at radius 2 is 2.04 bits per heavy atom. The van der Waals surface area contributed by atoms with Gasteiger partial charge in [-0.2, -0.15) is 0 Å². The SMILES string of the molecule is CC12CCC3C(CC[C@@H](O)[C@@]3(C)CO)[C@@H]1CC(C1=CCOC1=O)O2. The summed E-state index contributed by atoms with van der Waals surface area (Å²) in [6, 6.07) is 0. The highest BCUT2D eigenvalue weighted by molar-refractivity contribution is 5.91. The van der Waals surface area contributed by atoms with Crippen LogP contribution in [0.1, 0.15) is 46.0 Å². The Hall–Kier alpha value is -0.910. The topological polar surface area (TPSA) is 76.0 Å². The van der Waals surface area contributed by atoms with Crippen LogP contribution in [0.15, 0.2) is 11.6 Å². The molecule has 0 amide bonds. The second-order valence-corrected chi connectivity index (χ2v) is 8.59. The first-order valence-electron chi connectivity index (χ1n) is 9.23. The molecule has 2 saturated carbocycles. The summed E-state index contributed by atoms with van der Waals surface area (Å²) in [5.74, 6) is 0.885. The van der Waals surface area contributed by atoms with E-state index < -0.39 is 11.5 Å². The van der Waals surface area contributed by atoms with Crippen molar-refractivity contribution in [2.75, 3.05) is 13.2 Å². The summed E-state index contributed by atoms with van der Waals surface area (Å²) in [5, 5.41) is 20.4. The van der Waals surface area contributed by atoms with E-state index in [1.54, 1.807) is 0 Å². The van der Waals surface area contributed by atoms with Crippen LogP contribution in [0, 0.1) is 23.2 Å². The lowest BCUT2D eigenvalue weighted by atomic mass is 9.51. The number of esters is 1. The predicted molar refractivity (Wildman–Crippen MR) is 87.1 cm³/mol. The standard InChI is InChI=1S/C19H28O5/c1-18(10-20)13-5-7-19(2)14(11(13)3-4-16(18)21)9-15(24-19)12-6-8-23-17(12)22/h6,11,13-16,20-21H,3-5,7-10H2,1-2H3/t11?,13?,14-,15?,16+,18-,19?/m0/s1. The van der Waals surface area contributed by atoms with Gasteiger partial charge in [0.2, 0.25) is 0 Å². The molecule has 2 aliphatic carbocycles. The number of ether oxygens (including phenoxy) is 2. The highest BCUT2D eigenvalue weighted by atomic mass is 16.5. The molecule has 0 aromatic heterocycles. The lowest BCUT2D eigenvalue weighted by Crippen LogP contribution is -2.56. The molecule has 4 aliphatic rings. The van der Waals surface area contributed by atoms with Crippen LogP contribution in [0.4, 0.5) is 0 Å². The number of carbonyl (C=O) groups is 1. The third kappa shape index (κ3) is 2.21. The van der Waals surface area contributed by atoms with Gasteiger partial charge in [0, 0.05) is 5.41 Å². The smallest absolute Gasteiger partial charge is 0.336 e. The van der Waals surface area contributed by atoms with Crippen LogP contribution in [0.3, 0.4) is 0 Å². The highest BCUT2D eigenvalue weighted by Crippen LogP contribution is 2.60. The molecule has 3 fully saturated rings. The van der Waals surface area contributed by atoms with E-state index in [1.807, 2.05) is 13.0 Å². The van der Waals surface area contributed by atoms with Crippen LogP contribution in [0.25, 0.3) is 0 Å². The fourth-order valence-electron chi connectivity index (χ4n) is 5.95. The van der Waals surface area contributed by atoms with E-state index in [9.17, 15) is 15.0 Å². The summed E-state index contributed by atoms with van der Waals surface area (Å²) in [6.45, 7) is 4.59. The minimum atomic E-state index is -0.432. The lowest BCUT2D eigenvalue weighted by Gasteiger charge is -2.55. The van der Waals surface area contributed by atoms with Gasteiger partial charge in [0.15, 0.2) is 0 Å². The van der Waals surface area contributed by atoms with Crippen molar-refractivity contribution in [2.45, 2.75) is 63.8 Å². The number of carbonyl (C=O) groups excluding carboxylic acids is 1. The van der Waals surface area contributed by atoms with E-state index in [0.717, 1.165) is 32.1 Å². The number of rotatable bonds is 2. The van der Waals surface area contributed by atoms with Crippen LogP contribution in [0.5, 0.6) is 0 Å². The largest absolute Gasteiger partial charge is 0.458 e. The molecule has 0 aromatic rings. The molecule has 0 radical (unpaired) electrons. The second-order valence-electron chi connectivity index (χ2n) is 8.59. The van der Waals surface area contributed by atoms with Crippen molar-refractivity contribution in [3.8, 4) is 0 Å². The molecule has 1 saturated heterocycles. The quantitative estimate of drug-likeness (QED) is 0.752. The normalized spacial score (nSPS) is 50.9. The fraction of sp³-hybridized carbons (Fsp3) is 0.842. The number of fused-ring (bicyclic) bond motifs is 3. The van der Waals surface area contributed by atoms with E-state index in [0.29, 0.717) is 29.9 Å². The monoisotopic (exact) mass is 336 g/mol. The molecule has 4 rings (SSSR count). The van der Waals surface area contributed by atoms with Gasteiger partial charge in [-0.1, -0.05) is 6.92 Å². The highest BCUT2D eigenvalue weighted by Gasteiger charge is 2.60. The van der Waals surface area contributed by atoms with Crippen molar-refractivity contribution in [1.82, 2.24) is 0 Å². The first kappa shape index (κ1) is 16.6. The average molecular weight is 336 g/mol. The Kier molecular flexibility index (Phi) is 3.83. The molecule has 0 aromatic carbocycles. The molecule has 0 spiro atoms. The minimum Gasteiger partial charge on any atom is -0.458 e. The number of hydrogen-bond donors (Lipinski definition) is 2. The van der Waals surface area contributed by atoms with Crippen molar-refractivity contribution < 1.29 is 24.5 Å². The van der Waals surface area contributed by atoms with Crippen LogP contribution in [-0.2, 0) is 14.3 Å². The van der Waals surface area contributed by atoms with Crippen LogP contribution < -0.4 is 0 Å². The fourth-order valence-corrected chi connectivity index (χ4v) is 5.95. The van der Waals surface area contributed by atoms with Gasteiger partial charge in [-0.05, 0) is 62.9 Å². The van der Waals surface area contributed by atoms with Gasteiger partial charge in [0.05, 0.1) is 30.0 Å². The zero-order valence-electron chi connectivity index (χ0n) is 14.5. The van der Waals surface area contributed by atoms with Crippen molar-refractivity contribution in [3.05, 3.63) is 11.6 Å². The van der Waals surface area contributed by atoms with E-state index in [2.05, 4.69) is 6.92 Å². The van der Waals surface area contributed by atoms with Crippen molar-refractivity contribution in [3.63, 3.8) is 0 Å². The average Bonchev–Trinajstić information content (AvgIpc) is 3.13. The summed E-state index contributed by atoms with van der Waals surface area (Å²) in [4.78, 5) is 11.9. The Labute approximate surface area is 143 Å². The van der Waals surface area contributed by atoms with Crippen molar-refractivity contribution in [1.29, 1.82) is 0 Å². The molecule has 2 heterocycles. The number of hydrogen-bond acceptors (Lipinski definition) is 5. The van der Waals surface area contributed by atoms with Gasteiger partial charge >= 0.3 is 5.97 Å². The predicted octanol–water partition coefficient (Wildman–Crippen LogP) is 1.81. The number of aliphatic hydroxyl groups is 2. The van der Waals surface area contributed by atoms with Gasteiger partial charge in [-0.3, -0.25) is 0 Å². The van der Waals surface area contributed by atoms with Crippen LogP contribution in [-0.4, -0.2) is 47.2 Å². The molecule has 5 nitrogen and oxygen atoms in total.